The molecule has 0 saturated carbocycles. The topological polar surface area (TPSA) is 106 Å². The predicted molar refractivity (Wildman–Crippen MR) is 135 cm³/mol. The van der Waals surface area contributed by atoms with Crippen molar-refractivity contribution in [3.8, 4) is 11.3 Å². The Bertz CT molecular complexity index is 1310. The number of ether oxygens (including phenoxy) is 1. The second-order valence-electron chi connectivity index (χ2n) is 7.93. The van der Waals surface area contributed by atoms with Crippen LogP contribution < -0.4 is 5.32 Å². The van der Waals surface area contributed by atoms with Crippen molar-refractivity contribution in [1.29, 1.82) is 0 Å². The van der Waals surface area contributed by atoms with Crippen molar-refractivity contribution in [3.63, 3.8) is 0 Å². The molecule has 3 aromatic rings. The quantitative estimate of drug-likeness (QED) is 0.442. The van der Waals surface area contributed by atoms with Crippen LogP contribution >= 0.6 is 22.9 Å². The van der Waals surface area contributed by atoms with Gasteiger partial charge in [0.05, 0.1) is 23.1 Å². The second-order valence-corrected chi connectivity index (χ2v) is 11.3. The molecule has 2 aromatic carbocycles. The standard InChI is InChI=1S/C24H24ClN3O5S2/c1-2-33-23(30)21-20(16-7-4-3-5-8-16)26-24(34-21)27-22(29)17-9-6-14-28(15-17)35(31,32)19-12-10-18(25)11-13-19/h3-5,7-8,10-13,17H,2,6,9,14-15H2,1H3,(H,26,27,29). The Labute approximate surface area is 212 Å². The summed E-state index contributed by atoms with van der Waals surface area (Å²) in [6.07, 6.45) is 1.09. The van der Waals surface area contributed by atoms with Crippen molar-refractivity contribution >= 4 is 50.0 Å². The fourth-order valence-corrected chi connectivity index (χ4v) is 6.37. The van der Waals surface area contributed by atoms with E-state index in [1.165, 1.54) is 28.6 Å². The van der Waals surface area contributed by atoms with Gasteiger partial charge in [-0.3, -0.25) is 4.79 Å². The van der Waals surface area contributed by atoms with Gasteiger partial charge < -0.3 is 10.1 Å². The summed E-state index contributed by atoms with van der Waals surface area (Å²) >= 11 is 6.92. The largest absolute Gasteiger partial charge is 0.462 e. The number of piperidine rings is 1. The number of hydrogen-bond acceptors (Lipinski definition) is 7. The van der Waals surface area contributed by atoms with Crippen molar-refractivity contribution < 1.29 is 22.7 Å². The van der Waals surface area contributed by atoms with Crippen LogP contribution in [-0.2, 0) is 19.6 Å². The van der Waals surface area contributed by atoms with Gasteiger partial charge >= 0.3 is 5.97 Å². The number of esters is 1. The maximum absolute atomic E-state index is 13.1. The molecule has 184 valence electrons. The third-order valence-electron chi connectivity index (χ3n) is 5.57. The molecule has 8 nitrogen and oxygen atoms in total. The molecule has 0 radical (unpaired) electrons. The number of carbonyl (C=O) groups excluding carboxylic acids is 2. The van der Waals surface area contributed by atoms with Crippen LogP contribution in [0.1, 0.15) is 29.4 Å². The lowest BCUT2D eigenvalue weighted by Crippen LogP contribution is -2.43. The Kier molecular flexibility index (Phi) is 7.85. The molecule has 2 heterocycles. The highest BCUT2D eigenvalue weighted by Gasteiger charge is 2.34. The van der Waals surface area contributed by atoms with E-state index in [9.17, 15) is 18.0 Å². The molecule has 1 unspecified atom stereocenters. The van der Waals surface area contributed by atoms with Crippen molar-refractivity contribution in [2.45, 2.75) is 24.7 Å². The Morgan fingerprint density at radius 3 is 2.57 bits per heavy atom. The molecule has 11 heteroatoms. The first-order valence-corrected chi connectivity index (χ1v) is 13.7. The number of hydrogen-bond donors (Lipinski definition) is 1. The summed E-state index contributed by atoms with van der Waals surface area (Å²) in [5, 5.41) is 3.48. The van der Waals surface area contributed by atoms with Gasteiger partial charge in [-0.05, 0) is 44.0 Å². The van der Waals surface area contributed by atoms with Gasteiger partial charge in [-0.2, -0.15) is 4.31 Å². The van der Waals surface area contributed by atoms with Gasteiger partial charge in [0.15, 0.2) is 5.13 Å². The first-order valence-electron chi connectivity index (χ1n) is 11.1. The summed E-state index contributed by atoms with van der Waals surface area (Å²) < 4.78 is 32.6. The van der Waals surface area contributed by atoms with Crippen LogP contribution in [0.15, 0.2) is 59.5 Å². The molecule has 1 amide bonds. The lowest BCUT2D eigenvalue weighted by atomic mass is 9.99. The van der Waals surface area contributed by atoms with Gasteiger partial charge in [-0.1, -0.05) is 53.3 Å². The highest BCUT2D eigenvalue weighted by molar-refractivity contribution is 7.89. The Hall–Kier alpha value is -2.79. The van der Waals surface area contributed by atoms with Crippen molar-refractivity contribution in [3.05, 3.63) is 64.5 Å². The van der Waals surface area contributed by atoms with E-state index in [1.54, 1.807) is 6.92 Å². The average molecular weight is 534 g/mol. The number of halogens is 1. The monoisotopic (exact) mass is 533 g/mol. The third-order valence-corrected chi connectivity index (χ3v) is 8.65. The van der Waals surface area contributed by atoms with Crippen LogP contribution in [0.25, 0.3) is 11.3 Å². The van der Waals surface area contributed by atoms with Crippen LogP contribution in [0.3, 0.4) is 0 Å². The maximum atomic E-state index is 13.1. The number of nitrogens with one attached hydrogen (secondary N) is 1. The van der Waals surface area contributed by atoms with Crippen LogP contribution in [0.5, 0.6) is 0 Å². The lowest BCUT2D eigenvalue weighted by molar-refractivity contribution is -0.120. The van der Waals surface area contributed by atoms with E-state index in [-0.39, 0.29) is 29.1 Å². The molecule has 35 heavy (non-hydrogen) atoms. The number of rotatable bonds is 7. The molecule has 1 saturated heterocycles. The zero-order valence-electron chi connectivity index (χ0n) is 18.9. The molecule has 1 aliphatic rings. The fraction of sp³-hybridized carbons (Fsp3) is 0.292. The van der Waals surface area contributed by atoms with E-state index in [1.807, 2.05) is 30.3 Å². The smallest absolute Gasteiger partial charge is 0.350 e. The molecule has 0 aliphatic carbocycles. The minimum Gasteiger partial charge on any atom is -0.462 e. The number of carbonyl (C=O) groups is 2. The van der Waals surface area contributed by atoms with Crippen LogP contribution in [0.4, 0.5) is 5.13 Å². The minimum absolute atomic E-state index is 0.0540. The SMILES string of the molecule is CCOC(=O)c1sc(NC(=O)C2CCCN(S(=O)(=O)c3ccc(Cl)cc3)C2)nc1-c1ccccc1. The van der Waals surface area contributed by atoms with Crippen LogP contribution in [-0.4, -0.2) is 49.3 Å². The van der Waals surface area contributed by atoms with E-state index in [0.717, 1.165) is 16.9 Å². The highest BCUT2D eigenvalue weighted by Crippen LogP contribution is 2.33. The number of thiazole rings is 1. The second kappa shape index (κ2) is 10.9. The fourth-order valence-electron chi connectivity index (χ4n) is 3.84. The van der Waals surface area contributed by atoms with Gasteiger partial charge in [-0.15, -0.1) is 0 Å². The number of anilines is 1. The van der Waals surface area contributed by atoms with Gasteiger partial charge in [0, 0.05) is 23.7 Å². The zero-order valence-corrected chi connectivity index (χ0v) is 21.3. The maximum Gasteiger partial charge on any atom is 0.350 e. The minimum atomic E-state index is -3.75. The molecule has 0 bridgehead atoms. The summed E-state index contributed by atoms with van der Waals surface area (Å²) in [4.78, 5) is 30.5. The average Bonchev–Trinajstić information content (AvgIpc) is 3.29. The molecule has 0 spiro atoms. The van der Waals surface area contributed by atoms with Gasteiger partial charge in [0.2, 0.25) is 15.9 Å². The van der Waals surface area contributed by atoms with E-state index in [2.05, 4.69) is 10.3 Å². The van der Waals surface area contributed by atoms with Crippen LogP contribution in [0.2, 0.25) is 5.02 Å². The number of benzene rings is 2. The normalized spacial score (nSPS) is 16.6. The molecule has 4 rings (SSSR count). The number of amides is 1. The summed E-state index contributed by atoms with van der Waals surface area (Å²) in [5.74, 6) is -1.41. The van der Waals surface area contributed by atoms with E-state index < -0.39 is 21.9 Å². The van der Waals surface area contributed by atoms with Crippen molar-refractivity contribution in [2.75, 3.05) is 25.0 Å². The molecular formula is C24H24ClN3O5S2. The van der Waals surface area contributed by atoms with Crippen molar-refractivity contribution in [1.82, 2.24) is 9.29 Å². The Morgan fingerprint density at radius 2 is 1.89 bits per heavy atom. The Morgan fingerprint density at radius 1 is 1.17 bits per heavy atom. The first kappa shape index (κ1) is 25.3. The van der Waals surface area contributed by atoms with Gasteiger partial charge in [0.1, 0.15) is 4.88 Å². The van der Waals surface area contributed by atoms with Crippen molar-refractivity contribution in [2.24, 2.45) is 5.92 Å². The van der Waals surface area contributed by atoms with Gasteiger partial charge in [-0.25, -0.2) is 18.2 Å². The molecule has 1 fully saturated rings. The van der Waals surface area contributed by atoms with E-state index in [0.29, 0.717) is 35.0 Å². The van der Waals surface area contributed by atoms with Crippen LogP contribution in [0, 0.1) is 5.92 Å². The summed E-state index contributed by atoms with van der Waals surface area (Å²) in [7, 11) is -3.75. The number of aromatic nitrogens is 1. The number of nitrogens with zero attached hydrogens (tertiary/aromatic N) is 2. The summed E-state index contributed by atoms with van der Waals surface area (Å²) in [6, 6.07) is 15.1. The lowest BCUT2D eigenvalue weighted by Gasteiger charge is -2.31. The first-order chi connectivity index (χ1) is 16.8. The molecule has 1 aliphatic heterocycles. The van der Waals surface area contributed by atoms with E-state index in [4.69, 9.17) is 16.3 Å². The summed E-state index contributed by atoms with van der Waals surface area (Å²) in [5.41, 5.74) is 1.16. The van der Waals surface area contributed by atoms with Gasteiger partial charge in [0.25, 0.3) is 0 Å². The molecule has 1 N–H and O–H groups in total. The molecular weight excluding hydrogens is 510 g/mol. The third kappa shape index (κ3) is 5.72. The Balaban J connectivity index is 1.52. The molecule has 1 atom stereocenters. The van der Waals surface area contributed by atoms with E-state index >= 15 is 0 Å². The zero-order chi connectivity index (χ0) is 25.0. The highest BCUT2D eigenvalue weighted by atomic mass is 35.5. The predicted octanol–water partition coefficient (Wildman–Crippen LogP) is 4.68. The number of sulfonamides is 1. The summed E-state index contributed by atoms with van der Waals surface area (Å²) in [6.45, 7) is 2.32. The molecule has 1 aromatic heterocycles.